The normalized spacial score (nSPS) is 15.0. The Balaban J connectivity index is 1.52. The lowest BCUT2D eigenvalue weighted by Crippen LogP contribution is -2.41. The van der Waals surface area contributed by atoms with Crippen LogP contribution in [0.15, 0.2) is 28.7 Å². The number of halogens is 1. The number of carbonyl (C=O) groups excluding carboxylic acids is 1. The number of morpholine rings is 1. The van der Waals surface area contributed by atoms with Crippen molar-refractivity contribution in [3.05, 3.63) is 28.7 Å². The lowest BCUT2D eigenvalue weighted by Gasteiger charge is -2.26. The third-order valence-corrected chi connectivity index (χ3v) is 3.72. The van der Waals surface area contributed by atoms with Crippen molar-refractivity contribution in [1.82, 2.24) is 10.2 Å². The number of rotatable bonds is 7. The Morgan fingerprint density at radius 1 is 1.33 bits per heavy atom. The minimum atomic E-state index is 0.193. The minimum Gasteiger partial charge on any atom is -0.492 e. The van der Waals surface area contributed by atoms with Gasteiger partial charge in [-0.3, -0.25) is 4.79 Å². The zero-order valence-electron chi connectivity index (χ0n) is 12.0. The molecule has 1 N–H and O–H groups in total. The van der Waals surface area contributed by atoms with Crippen LogP contribution in [0.2, 0.25) is 0 Å². The topological polar surface area (TPSA) is 50.8 Å². The largest absolute Gasteiger partial charge is 0.492 e. The standard InChI is InChI=1S/C15H21BrN2O3/c16-13-2-1-3-14(12-13)21-9-6-17-5-4-15(19)18-7-10-20-11-8-18/h1-3,12,17H,4-11H2. The van der Waals surface area contributed by atoms with Crippen LogP contribution in [0.4, 0.5) is 0 Å². The van der Waals surface area contributed by atoms with Gasteiger partial charge in [0.1, 0.15) is 12.4 Å². The van der Waals surface area contributed by atoms with Crippen molar-refractivity contribution in [1.29, 1.82) is 0 Å². The van der Waals surface area contributed by atoms with Crippen molar-refractivity contribution in [2.24, 2.45) is 0 Å². The number of hydrogen-bond donors (Lipinski definition) is 1. The molecule has 0 unspecified atom stereocenters. The van der Waals surface area contributed by atoms with Gasteiger partial charge in [-0.25, -0.2) is 0 Å². The van der Waals surface area contributed by atoms with Gasteiger partial charge in [-0.05, 0) is 18.2 Å². The predicted molar refractivity (Wildman–Crippen MR) is 84.5 cm³/mol. The molecule has 0 spiro atoms. The van der Waals surface area contributed by atoms with E-state index in [4.69, 9.17) is 9.47 Å². The number of nitrogens with one attached hydrogen (secondary N) is 1. The summed E-state index contributed by atoms with van der Waals surface area (Å²) >= 11 is 3.40. The smallest absolute Gasteiger partial charge is 0.224 e. The molecule has 0 radical (unpaired) electrons. The molecule has 1 aliphatic rings. The van der Waals surface area contributed by atoms with Crippen molar-refractivity contribution in [3.8, 4) is 5.75 Å². The van der Waals surface area contributed by atoms with Gasteiger partial charge < -0.3 is 19.7 Å². The Hall–Kier alpha value is -1.11. The second kappa shape index (κ2) is 9.02. The van der Waals surface area contributed by atoms with E-state index in [1.807, 2.05) is 29.2 Å². The van der Waals surface area contributed by atoms with Crippen LogP contribution in [0, 0.1) is 0 Å². The Bertz CT molecular complexity index is 450. The molecule has 1 aromatic rings. The number of ether oxygens (including phenoxy) is 2. The number of benzene rings is 1. The zero-order chi connectivity index (χ0) is 14.9. The fourth-order valence-electron chi connectivity index (χ4n) is 2.09. The van der Waals surface area contributed by atoms with Gasteiger partial charge in [-0.1, -0.05) is 22.0 Å². The Morgan fingerprint density at radius 3 is 2.90 bits per heavy atom. The Morgan fingerprint density at radius 2 is 2.14 bits per heavy atom. The summed E-state index contributed by atoms with van der Waals surface area (Å²) in [7, 11) is 0. The molecule has 1 saturated heterocycles. The summed E-state index contributed by atoms with van der Waals surface area (Å²) in [5.41, 5.74) is 0. The fraction of sp³-hybridized carbons (Fsp3) is 0.533. The van der Waals surface area contributed by atoms with Gasteiger partial charge in [-0.15, -0.1) is 0 Å². The van der Waals surface area contributed by atoms with E-state index in [-0.39, 0.29) is 5.91 Å². The third kappa shape index (κ3) is 6.03. The summed E-state index contributed by atoms with van der Waals surface area (Å²) in [5.74, 6) is 1.04. The summed E-state index contributed by atoms with van der Waals surface area (Å²) in [6.07, 6.45) is 0.525. The van der Waals surface area contributed by atoms with Crippen LogP contribution in [-0.4, -0.2) is 56.8 Å². The number of amides is 1. The number of hydrogen-bond acceptors (Lipinski definition) is 4. The molecule has 2 rings (SSSR count). The molecule has 1 aromatic carbocycles. The maximum absolute atomic E-state index is 11.9. The molecule has 116 valence electrons. The van der Waals surface area contributed by atoms with E-state index in [9.17, 15) is 4.79 Å². The number of carbonyl (C=O) groups is 1. The monoisotopic (exact) mass is 356 g/mol. The summed E-state index contributed by atoms with van der Waals surface area (Å²) in [6.45, 7) is 4.72. The average Bonchev–Trinajstić information content (AvgIpc) is 2.51. The molecular formula is C15H21BrN2O3. The molecule has 1 heterocycles. The van der Waals surface area contributed by atoms with Crippen LogP contribution in [0.3, 0.4) is 0 Å². The van der Waals surface area contributed by atoms with Gasteiger partial charge in [0, 0.05) is 37.1 Å². The molecule has 1 amide bonds. The van der Waals surface area contributed by atoms with E-state index < -0.39 is 0 Å². The van der Waals surface area contributed by atoms with E-state index in [1.54, 1.807) is 0 Å². The first kappa shape index (κ1) is 16.3. The van der Waals surface area contributed by atoms with Crippen LogP contribution in [0.25, 0.3) is 0 Å². The molecule has 0 aliphatic carbocycles. The first-order valence-electron chi connectivity index (χ1n) is 7.20. The highest BCUT2D eigenvalue weighted by Crippen LogP contribution is 2.17. The van der Waals surface area contributed by atoms with Gasteiger partial charge in [0.15, 0.2) is 0 Å². The maximum atomic E-state index is 11.9. The van der Waals surface area contributed by atoms with E-state index >= 15 is 0 Å². The molecule has 0 saturated carbocycles. The van der Waals surface area contributed by atoms with Crippen LogP contribution in [-0.2, 0) is 9.53 Å². The van der Waals surface area contributed by atoms with Gasteiger partial charge >= 0.3 is 0 Å². The average molecular weight is 357 g/mol. The van der Waals surface area contributed by atoms with E-state index in [1.165, 1.54) is 0 Å². The molecular weight excluding hydrogens is 336 g/mol. The van der Waals surface area contributed by atoms with Gasteiger partial charge in [0.05, 0.1) is 13.2 Å². The maximum Gasteiger partial charge on any atom is 0.224 e. The lowest BCUT2D eigenvalue weighted by molar-refractivity contribution is -0.135. The van der Waals surface area contributed by atoms with Crippen LogP contribution in [0.1, 0.15) is 6.42 Å². The van der Waals surface area contributed by atoms with Crippen LogP contribution < -0.4 is 10.1 Å². The van der Waals surface area contributed by atoms with Crippen LogP contribution in [0.5, 0.6) is 5.75 Å². The molecule has 0 atom stereocenters. The highest BCUT2D eigenvalue weighted by atomic mass is 79.9. The summed E-state index contributed by atoms with van der Waals surface area (Å²) in [4.78, 5) is 13.7. The first-order valence-corrected chi connectivity index (χ1v) is 7.99. The lowest BCUT2D eigenvalue weighted by atomic mass is 10.3. The van der Waals surface area contributed by atoms with Gasteiger partial charge in [0.25, 0.3) is 0 Å². The quantitative estimate of drug-likeness (QED) is 0.755. The Kier molecular flexibility index (Phi) is 6.99. The van der Waals surface area contributed by atoms with Gasteiger partial charge in [-0.2, -0.15) is 0 Å². The van der Waals surface area contributed by atoms with Crippen molar-refractivity contribution in [2.45, 2.75) is 6.42 Å². The summed E-state index contributed by atoms with van der Waals surface area (Å²) < 4.78 is 11.8. The van der Waals surface area contributed by atoms with Crippen LogP contribution >= 0.6 is 15.9 Å². The SMILES string of the molecule is O=C(CCNCCOc1cccc(Br)c1)N1CCOCC1. The Labute approximate surface area is 133 Å². The molecule has 0 bridgehead atoms. The third-order valence-electron chi connectivity index (χ3n) is 3.22. The zero-order valence-corrected chi connectivity index (χ0v) is 13.6. The molecule has 21 heavy (non-hydrogen) atoms. The molecule has 6 heteroatoms. The van der Waals surface area contributed by atoms with Crippen molar-refractivity contribution < 1.29 is 14.3 Å². The number of nitrogens with zero attached hydrogens (tertiary/aromatic N) is 1. The second-order valence-electron chi connectivity index (χ2n) is 4.80. The van der Waals surface area contributed by atoms with Crippen molar-refractivity contribution in [2.75, 3.05) is 46.0 Å². The highest BCUT2D eigenvalue weighted by molar-refractivity contribution is 9.10. The molecule has 1 fully saturated rings. The summed E-state index contributed by atoms with van der Waals surface area (Å²) in [6, 6.07) is 7.75. The molecule has 5 nitrogen and oxygen atoms in total. The van der Waals surface area contributed by atoms with E-state index in [2.05, 4.69) is 21.2 Å². The fourth-order valence-corrected chi connectivity index (χ4v) is 2.47. The first-order chi connectivity index (χ1) is 10.3. The molecule has 1 aliphatic heterocycles. The predicted octanol–water partition coefficient (Wildman–Crippen LogP) is 1.67. The molecule has 0 aromatic heterocycles. The summed E-state index contributed by atoms with van der Waals surface area (Å²) in [5, 5.41) is 3.22. The highest BCUT2D eigenvalue weighted by Gasteiger charge is 2.15. The van der Waals surface area contributed by atoms with E-state index in [0.717, 1.165) is 16.8 Å². The van der Waals surface area contributed by atoms with Crippen molar-refractivity contribution in [3.63, 3.8) is 0 Å². The van der Waals surface area contributed by atoms with Crippen molar-refractivity contribution >= 4 is 21.8 Å². The second-order valence-corrected chi connectivity index (χ2v) is 5.71. The van der Waals surface area contributed by atoms with E-state index in [0.29, 0.717) is 45.9 Å². The van der Waals surface area contributed by atoms with Gasteiger partial charge in [0.2, 0.25) is 5.91 Å². The minimum absolute atomic E-state index is 0.193.